The van der Waals surface area contributed by atoms with Crippen LogP contribution in [-0.4, -0.2) is 107 Å². The number of piperazine rings is 2. The molecule has 2 amide bonds. The van der Waals surface area contributed by atoms with Crippen LogP contribution in [0.15, 0.2) is 49.3 Å². The van der Waals surface area contributed by atoms with E-state index in [1.807, 2.05) is 43.5 Å². The molecule has 60 heavy (non-hydrogen) atoms. The fraction of sp³-hybridized carbons (Fsp3) is 0.409. The van der Waals surface area contributed by atoms with E-state index in [1.54, 1.807) is 29.0 Å². The van der Waals surface area contributed by atoms with Crippen LogP contribution in [0.1, 0.15) is 88.1 Å². The molecule has 10 rings (SSSR count). The first kappa shape index (κ1) is 38.8. The molecule has 2 saturated heterocycles. The van der Waals surface area contributed by atoms with Crippen LogP contribution in [0.4, 0.5) is 0 Å². The second kappa shape index (κ2) is 14.9. The number of carbonyl (C=O) groups excluding carboxylic acids is 2. The van der Waals surface area contributed by atoms with E-state index in [9.17, 15) is 9.59 Å². The normalized spacial score (nSPS) is 17.8. The molecular weight excluding hydrogens is 793 g/mol. The Morgan fingerprint density at radius 3 is 2.00 bits per heavy atom. The van der Waals surface area contributed by atoms with Crippen LogP contribution in [0.5, 0.6) is 0 Å². The molecule has 0 aromatic carbocycles. The third kappa shape index (κ3) is 6.42. The van der Waals surface area contributed by atoms with Gasteiger partial charge in [-0.3, -0.25) is 9.59 Å². The molecule has 0 spiro atoms. The van der Waals surface area contributed by atoms with Gasteiger partial charge in [0.2, 0.25) is 0 Å². The van der Waals surface area contributed by atoms with Crippen LogP contribution in [0.25, 0.3) is 54.2 Å². The van der Waals surface area contributed by atoms with Crippen LogP contribution >= 0.6 is 22.7 Å². The molecule has 0 bridgehead atoms. The van der Waals surface area contributed by atoms with Gasteiger partial charge in [-0.25, -0.2) is 14.1 Å². The lowest BCUT2D eigenvalue weighted by Crippen LogP contribution is -2.58. The summed E-state index contributed by atoms with van der Waals surface area (Å²) < 4.78 is 8.22. The Hall–Kier alpha value is -5.42. The van der Waals surface area contributed by atoms with E-state index in [1.165, 1.54) is 11.1 Å². The molecular formula is C44H51N12O2S2+. The number of aryl methyl sites for hydroxylation is 2. The number of hydrogen-bond acceptors (Lipinski definition) is 9. The van der Waals surface area contributed by atoms with Crippen LogP contribution in [0.3, 0.4) is 0 Å². The molecule has 0 saturated carbocycles. The van der Waals surface area contributed by atoms with Crippen molar-refractivity contribution < 1.29 is 14.2 Å². The van der Waals surface area contributed by atoms with Crippen molar-refractivity contribution in [2.75, 3.05) is 39.3 Å². The van der Waals surface area contributed by atoms with Gasteiger partial charge in [-0.2, -0.15) is 5.10 Å². The minimum Gasteiger partial charge on any atom is -0.354 e. The predicted octanol–water partition coefficient (Wildman–Crippen LogP) is 6.50. The third-order valence-corrected chi connectivity index (χ3v) is 14.6. The largest absolute Gasteiger partial charge is 0.354 e. The fourth-order valence-corrected chi connectivity index (χ4v) is 12.0. The number of aromatic nitrogens is 8. The number of carbonyl (C=O) groups is 2. The van der Waals surface area contributed by atoms with Crippen molar-refractivity contribution in [2.24, 2.45) is 0 Å². The lowest BCUT2D eigenvalue weighted by molar-refractivity contribution is -0.677. The summed E-state index contributed by atoms with van der Waals surface area (Å²) in [5.74, 6) is 0.649. The second-order valence-electron chi connectivity index (χ2n) is 17.2. The Kier molecular flexibility index (Phi) is 9.65. The highest BCUT2D eigenvalue weighted by atomic mass is 32.1. The Bertz CT molecular complexity index is 2960. The molecule has 4 N–H and O–H groups in total. The second-order valence-corrected chi connectivity index (χ2v) is 19.3. The highest BCUT2D eigenvalue weighted by molar-refractivity contribution is 7.21. The van der Waals surface area contributed by atoms with Crippen molar-refractivity contribution in [1.82, 2.24) is 54.6 Å². The lowest BCUT2D eigenvalue weighted by Gasteiger charge is -2.35. The molecule has 8 aromatic heterocycles. The summed E-state index contributed by atoms with van der Waals surface area (Å²) in [5.41, 5.74) is 12.6. The van der Waals surface area contributed by atoms with E-state index < -0.39 is 0 Å². The standard InChI is InChI=1S/C44H50N12O2S2/c1-23(2)35-37(28-12-25(5)41-47-21-48-55(41)18-28)50-32-15-34(60-40(32)35)44(58)54-11-9-46-17-30(54)20-52-22-49-56-19-29(13-26(6)42(52)56)38-36(24(3)4)39-31(51-38)14-33(59-39)43(57)53-10-8-45-16-27(53)7/h12-15,18-19,21-24,27,30,45-46H,8-11,16-17,20H2,1-7H3,(H-,50,51,57,58)/p+1/t27-,30-/m0/s1. The first-order valence-electron chi connectivity index (χ1n) is 21.0. The molecule has 0 aliphatic carbocycles. The molecule has 2 fully saturated rings. The molecule has 0 radical (unpaired) electrons. The van der Waals surface area contributed by atoms with Gasteiger partial charge in [-0.15, -0.1) is 22.7 Å². The van der Waals surface area contributed by atoms with E-state index in [2.05, 4.69) is 102 Å². The molecule has 2 atom stereocenters. The number of aromatic amines is 2. The zero-order valence-corrected chi connectivity index (χ0v) is 36.7. The topological polar surface area (TPSA) is 148 Å². The van der Waals surface area contributed by atoms with E-state index >= 15 is 0 Å². The number of thiophene rings is 2. The van der Waals surface area contributed by atoms with Gasteiger partial charge in [0.15, 0.2) is 5.65 Å². The molecule has 2 aliphatic heterocycles. The van der Waals surface area contributed by atoms with Gasteiger partial charge in [0.1, 0.15) is 12.5 Å². The summed E-state index contributed by atoms with van der Waals surface area (Å²) in [6.07, 6.45) is 7.59. The minimum atomic E-state index is -0.0647. The Labute approximate surface area is 355 Å². The van der Waals surface area contributed by atoms with E-state index in [0.29, 0.717) is 19.6 Å². The van der Waals surface area contributed by atoms with Gasteiger partial charge in [-0.1, -0.05) is 32.2 Å². The Morgan fingerprint density at radius 2 is 1.37 bits per heavy atom. The summed E-state index contributed by atoms with van der Waals surface area (Å²) in [7, 11) is 0. The number of hydrogen-bond donors (Lipinski definition) is 4. The first-order valence-corrected chi connectivity index (χ1v) is 22.6. The smallest absolute Gasteiger partial charge is 0.268 e. The van der Waals surface area contributed by atoms with Gasteiger partial charge in [-0.05, 0) is 73.6 Å². The summed E-state index contributed by atoms with van der Waals surface area (Å²) in [6.45, 7) is 20.2. The maximum absolute atomic E-state index is 14.4. The summed E-state index contributed by atoms with van der Waals surface area (Å²) >= 11 is 3.18. The van der Waals surface area contributed by atoms with Gasteiger partial charge >= 0.3 is 0 Å². The number of rotatable bonds is 8. The summed E-state index contributed by atoms with van der Waals surface area (Å²) in [5, 5.41) is 16.2. The highest BCUT2D eigenvalue weighted by Crippen LogP contribution is 2.42. The van der Waals surface area contributed by atoms with Crippen molar-refractivity contribution >= 4 is 66.2 Å². The fourth-order valence-electron chi connectivity index (χ4n) is 9.44. The average molecular weight is 844 g/mol. The number of pyridine rings is 2. The zero-order valence-electron chi connectivity index (χ0n) is 35.1. The van der Waals surface area contributed by atoms with Crippen LogP contribution in [-0.2, 0) is 6.54 Å². The van der Waals surface area contributed by atoms with Crippen LogP contribution < -0.4 is 15.2 Å². The van der Waals surface area contributed by atoms with Gasteiger partial charge < -0.3 is 30.4 Å². The van der Waals surface area contributed by atoms with Gasteiger partial charge in [0, 0.05) is 73.3 Å². The maximum Gasteiger partial charge on any atom is 0.268 e. The number of amides is 2. The van der Waals surface area contributed by atoms with Crippen molar-refractivity contribution in [1.29, 1.82) is 0 Å². The monoisotopic (exact) mass is 843 g/mol. The van der Waals surface area contributed by atoms with Crippen molar-refractivity contribution in [3.8, 4) is 22.5 Å². The molecule has 0 unspecified atom stereocenters. The van der Waals surface area contributed by atoms with Crippen molar-refractivity contribution in [3.05, 3.63) is 81.3 Å². The lowest BCUT2D eigenvalue weighted by atomic mass is 9.99. The van der Waals surface area contributed by atoms with E-state index in [-0.39, 0.29) is 35.7 Å². The number of nitrogens with one attached hydrogen (secondary N) is 4. The minimum absolute atomic E-state index is 0.0588. The predicted molar refractivity (Wildman–Crippen MR) is 237 cm³/mol. The first-order chi connectivity index (χ1) is 28.9. The van der Waals surface area contributed by atoms with Crippen LogP contribution in [0, 0.1) is 13.8 Å². The number of fused-ring (bicyclic) bond motifs is 4. The van der Waals surface area contributed by atoms with E-state index in [4.69, 9.17) is 5.10 Å². The van der Waals surface area contributed by atoms with Crippen molar-refractivity contribution in [3.63, 3.8) is 0 Å². The summed E-state index contributed by atoms with van der Waals surface area (Å²) in [6, 6.07) is 8.55. The molecule has 14 nitrogen and oxygen atoms in total. The third-order valence-electron chi connectivity index (χ3n) is 12.3. The molecule has 8 aromatic rings. The molecule has 2 aliphatic rings. The Balaban J connectivity index is 0.922. The van der Waals surface area contributed by atoms with E-state index in [0.717, 1.165) is 101 Å². The quantitative estimate of drug-likeness (QED) is 0.128. The Morgan fingerprint density at radius 1 is 0.783 bits per heavy atom. The molecule has 16 heteroatoms. The molecule has 310 valence electrons. The summed E-state index contributed by atoms with van der Waals surface area (Å²) in [4.78, 5) is 45.4. The number of nitrogens with zero attached hydrogens (tertiary/aromatic N) is 8. The van der Waals surface area contributed by atoms with Crippen LogP contribution in [0.2, 0.25) is 0 Å². The van der Waals surface area contributed by atoms with Gasteiger partial charge in [0.25, 0.3) is 23.8 Å². The number of H-pyrrole nitrogens is 2. The average Bonchev–Trinajstić information content (AvgIpc) is 4.07. The zero-order chi connectivity index (χ0) is 41.6. The van der Waals surface area contributed by atoms with Crippen molar-refractivity contribution in [2.45, 2.75) is 78.9 Å². The highest BCUT2D eigenvalue weighted by Gasteiger charge is 2.33. The SMILES string of the molecule is Cc1cc(-c2[nH]c3cc(C(=O)N4CCNC[C@H]4C[n+]4cnn5cc(-c6[nH]c7cc(C(=O)N8CCNC[C@@H]8C)sc7c6C(C)C)cc(C)c54)sc3c2C(C)C)cn2ncnc12. The molecule has 10 heterocycles. The van der Waals surface area contributed by atoms with Gasteiger partial charge in [0.05, 0.1) is 54.2 Å². The maximum atomic E-state index is 14.4.